The minimum absolute atomic E-state index is 0.608. The summed E-state index contributed by atoms with van der Waals surface area (Å²) in [6.45, 7) is 9.47. The molecule has 0 saturated carbocycles. The predicted molar refractivity (Wildman–Crippen MR) is 136 cm³/mol. The van der Waals surface area contributed by atoms with Crippen LogP contribution in [0.25, 0.3) is 27.4 Å². The SMILES string of the molecule is CCOc1ccc(-n2c(C)c3c(C)nnc(NCc4ccc5[nH]ccc5c4)c3c2C)c(OC)c1. The third-order valence-corrected chi connectivity index (χ3v) is 6.32. The van der Waals surface area contributed by atoms with Gasteiger partial charge in [0.15, 0.2) is 5.82 Å². The van der Waals surface area contributed by atoms with Gasteiger partial charge in [-0.2, -0.15) is 5.10 Å². The Hall–Kier alpha value is -4.00. The van der Waals surface area contributed by atoms with E-state index < -0.39 is 0 Å². The second-order valence-electron chi connectivity index (χ2n) is 8.41. The highest BCUT2D eigenvalue weighted by molar-refractivity contribution is 5.98. The summed E-state index contributed by atoms with van der Waals surface area (Å²) in [5.74, 6) is 2.32. The van der Waals surface area contributed by atoms with E-state index in [0.29, 0.717) is 13.2 Å². The highest BCUT2D eigenvalue weighted by Gasteiger charge is 2.21. The van der Waals surface area contributed by atoms with Gasteiger partial charge in [-0.3, -0.25) is 0 Å². The van der Waals surface area contributed by atoms with Gasteiger partial charge in [0.25, 0.3) is 0 Å². The lowest BCUT2D eigenvalue weighted by Gasteiger charge is -2.15. The summed E-state index contributed by atoms with van der Waals surface area (Å²) >= 11 is 0. The van der Waals surface area contributed by atoms with E-state index in [9.17, 15) is 0 Å². The molecule has 0 unspecified atom stereocenters. The van der Waals surface area contributed by atoms with Gasteiger partial charge >= 0.3 is 0 Å². The van der Waals surface area contributed by atoms with Gasteiger partial charge < -0.3 is 24.3 Å². The molecule has 0 atom stereocenters. The van der Waals surface area contributed by atoms with Gasteiger partial charge in [-0.25, -0.2) is 0 Å². The molecule has 3 aromatic heterocycles. The number of fused-ring (bicyclic) bond motifs is 2. The zero-order chi connectivity index (χ0) is 23.8. The number of aromatic amines is 1. The fourth-order valence-electron chi connectivity index (χ4n) is 4.78. The number of aryl methyl sites for hydroxylation is 3. The summed E-state index contributed by atoms with van der Waals surface area (Å²) in [5, 5.41) is 15.9. The predicted octanol–water partition coefficient (Wildman–Crippen LogP) is 5.85. The molecule has 7 nitrogen and oxygen atoms in total. The van der Waals surface area contributed by atoms with Gasteiger partial charge in [-0.05, 0) is 69.0 Å². The number of hydrogen-bond donors (Lipinski definition) is 2. The van der Waals surface area contributed by atoms with E-state index in [-0.39, 0.29) is 0 Å². The number of aromatic nitrogens is 4. The maximum atomic E-state index is 5.74. The molecule has 0 saturated heterocycles. The summed E-state index contributed by atoms with van der Waals surface area (Å²) < 4.78 is 13.6. The Labute approximate surface area is 198 Å². The number of hydrogen-bond acceptors (Lipinski definition) is 5. The summed E-state index contributed by atoms with van der Waals surface area (Å²) in [4.78, 5) is 3.24. The van der Waals surface area contributed by atoms with Crippen LogP contribution in [0.5, 0.6) is 11.5 Å². The zero-order valence-corrected chi connectivity index (χ0v) is 20.2. The van der Waals surface area contributed by atoms with Crippen molar-refractivity contribution in [2.24, 2.45) is 0 Å². The van der Waals surface area contributed by atoms with E-state index in [1.165, 1.54) is 10.9 Å². The van der Waals surface area contributed by atoms with Gasteiger partial charge in [0.05, 0.1) is 25.1 Å². The summed E-state index contributed by atoms with van der Waals surface area (Å²) in [5.41, 5.74) is 6.35. The maximum absolute atomic E-state index is 5.74. The molecule has 2 N–H and O–H groups in total. The van der Waals surface area contributed by atoms with E-state index in [1.807, 2.05) is 38.2 Å². The molecule has 5 aromatic rings. The molecular weight excluding hydrogens is 426 g/mol. The second-order valence-corrected chi connectivity index (χ2v) is 8.41. The fourth-order valence-corrected chi connectivity index (χ4v) is 4.78. The summed E-state index contributed by atoms with van der Waals surface area (Å²) in [7, 11) is 1.69. The van der Waals surface area contributed by atoms with Crippen LogP contribution in [0.2, 0.25) is 0 Å². The highest BCUT2D eigenvalue weighted by Crippen LogP contribution is 2.37. The smallest absolute Gasteiger partial charge is 0.158 e. The van der Waals surface area contributed by atoms with Crippen LogP contribution in [0.4, 0.5) is 5.82 Å². The van der Waals surface area contributed by atoms with E-state index in [4.69, 9.17) is 9.47 Å². The van der Waals surface area contributed by atoms with Crippen molar-refractivity contribution in [2.75, 3.05) is 19.0 Å². The normalized spacial score (nSPS) is 11.3. The Morgan fingerprint density at radius 3 is 2.59 bits per heavy atom. The Balaban J connectivity index is 1.58. The first kappa shape index (κ1) is 21.8. The zero-order valence-electron chi connectivity index (χ0n) is 20.2. The van der Waals surface area contributed by atoms with Gasteiger partial charge in [-0.15, -0.1) is 5.10 Å². The number of H-pyrrole nitrogens is 1. The third kappa shape index (κ3) is 3.63. The maximum Gasteiger partial charge on any atom is 0.158 e. The van der Waals surface area contributed by atoms with Crippen LogP contribution in [0.1, 0.15) is 29.6 Å². The molecule has 7 heteroatoms. The van der Waals surface area contributed by atoms with Crippen molar-refractivity contribution in [1.82, 2.24) is 19.7 Å². The average Bonchev–Trinajstić information content (AvgIpc) is 3.41. The van der Waals surface area contributed by atoms with Crippen LogP contribution in [0.3, 0.4) is 0 Å². The van der Waals surface area contributed by atoms with E-state index in [0.717, 1.165) is 56.4 Å². The largest absolute Gasteiger partial charge is 0.494 e. The third-order valence-electron chi connectivity index (χ3n) is 6.32. The first-order valence-corrected chi connectivity index (χ1v) is 11.5. The monoisotopic (exact) mass is 455 g/mol. The average molecular weight is 456 g/mol. The fraction of sp³-hybridized carbons (Fsp3) is 0.259. The lowest BCUT2D eigenvalue weighted by molar-refractivity contribution is 0.336. The first-order chi connectivity index (χ1) is 16.5. The standard InChI is InChI=1S/C27H29N5O2/c1-6-34-21-8-10-23(24(14-21)33-5)32-17(3)25-16(2)30-31-27(26(25)18(32)4)29-15-19-7-9-22-20(13-19)11-12-28-22/h7-14,28H,6,15H2,1-5H3,(H,29,31). The van der Waals surface area contributed by atoms with Crippen LogP contribution in [-0.2, 0) is 6.54 Å². The van der Waals surface area contributed by atoms with Gasteiger partial charge in [0, 0.05) is 46.5 Å². The highest BCUT2D eigenvalue weighted by atomic mass is 16.5. The molecule has 0 radical (unpaired) electrons. The lowest BCUT2D eigenvalue weighted by atomic mass is 10.1. The van der Waals surface area contributed by atoms with Crippen molar-refractivity contribution in [2.45, 2.75) is 34.2 Å². The lowest BCUT2D eigenvalue weighted by Crippen LogP contribution is -2.04. The summed E-state index contributed by atoms with van der Waals surface area (Å²) in [6.07, 6.45) is 1.96. The van der Waals surface area contributed by atoms with Crippen molar-refractivity contribution in [3.63, 3.8) is 0 Å². The van der Waals surface area contributed by atoms with Crippen LogP contribution in [0, 0.1) is 20.8 Å². The van der Waals surface area contributed by atoms with Gasteiger partial charge in [0.2, 0.25) is 0 Å². The molecule has 2 aromatic carbocycles. The van der Waals surface area contributed by atoms with Crippen LogP contribution in [0.15, 0.2) is 48.7 Å². The molecule has 34 heavy (non-hydrogen) atoms. The molecule has 0 spiro atoms. The minimum Gasteiger partial charge on any atom is -0.494 e. The molecule has 0 aliphatic rings. The van der Waals surface area contributed by atoms with Crippen molar-refractivity contribution in [3.05, 3.63) is 71.3 Å². The van der Waals surface area contributed by atoms with Gasteiger partial charge in [0.1, 0.15) is 11.5 Å². The summed E-state index contributed by atoms with van der Waals surface area (Å²) in [6, 6.07) is 14.4. The number of methoxy groups -OCH3 is 1. The minimum atomic E-state index is 0.608. The van der Waals surface area contributed by atoms with E-state index in [1.54, 1.807) is 7.11 Å². The number of benzene rings is 2. The molecule has 0 aliphatic heterocycles. The molecule has 5 rings (SSSR count). The first-order valence-electron chi connectivity index (χ1n) is 11.5. The van der Waals surface area contributed by atoms with Crippen molar-refractivity contribution in [3.8, 4) is 17.2 Å². The molecule has 0 aliphatic carbocycles. The second kappa shape index (κ2) is 8.74. The Morgan fingerprint density at radius 2 is 1.79 bits per heavy atom. The topological polar surface area (TPSA) is 77.0 Å². The molecule has 0 amide bonds. The molecule has 0 fully saturated rings. The number of rotatable bonds is 7. The Bertz CT molecular complexity index is 1500. The van der Waals surface area contributed by atoms with Crippen LogP contribution in [-0.4, -0.2) is 33.5 Å². The van der Waals surface area contributed by atoms with Crippen LogP contribution < -0.4 is 14.8 Å². The Kier molecular flexibility index (Phi) is 5.61. The van der Waals surface area contributed by atoms with Crippen molar-refractivity contribution < 1.29 is 9.47 Å². The quantitative estimate of drug-likeness (QED) is 0.322. The van der Waals surface area contributed by atoms with Gasteiger partial charge in [-0.1, -0.05) is 6.07 Å². The van der Waals surface area contributed by atoms with E-state index >= 15 is 0 Å². The molecule has 3 heterocycles. The molecule has 0 bridgehead atoms. The number of nitrogens with one attached hydrogen (secondary N) is 2. The number of anilines is 1. The van der Waals surface area contributed by atoms with Crippen molar-refractivity contribution in [1.29, 1.82) is 0 Å². The number of nitrogens with zero attached hydrogens (tertiary/aromatic N) is 3. The number of ether oxygens (including phenoxy) is 2. The Morgan fingerprint density at radius 1 is 0.971 bits per heavy atom. The van der Waals surface area contributed by atoms with Crippen molar-refractivity contribution >= 4 is 27.5 Å². The molecule has 174 valence electrons. The van der Waals surface area contributed by atoms with E-state index in [2.05, 4.69) is 63.2 Å². The van der Waals surface area contributed by atoms with Crippen LogP contribution >= 0.6 is 0 Å². The molecular formula is C27H29N5O2.